The topological polar surface area (TPSA) is 26.0 Å². The van der Waals surface area contributed by atoms with Gasteiger partial charge in [-0.05, 0) is 12.1 Å². The fraction of sp³-hybridized carbons (Fsp3) is 0.200. The molecule has 0 atom stereocenters. The maximum Gasteiger partial charge on any atom is 0.420 e. The standard InChI is InChI=1S/C10H7F3NOS/c1-2-16-9-14-7-5-3-4-6(8(7)15-9)10(11,12)13/h2-5H,1H3. The van der Waals surface area contributed by atoms with E-state index in [0.717, 1.165) is 17.8 Å². The average molecular weight is 246 g/mol. The highest BCUT2D eigenvalue weighted by Gasteiger charge is 2.34. The van der Waals surface area contributed by atoms with E-state index in [4.69, 9.17) is 4.42 Å². The summed E-state index contributed by atoms with van der Waals surface area (Å²) in [5.41, 5.74) is -0.779. The molecular weight excluding hydrogens is 239 g/mol. The largest absolute Gasteiger partial charge is 0.431 e. The van der Waals surface area contributed by atoms with E-state index in [-0.39, 0.29) is 16.3 Å². The number of rotatable bonds is 2. The van der Waals surface area contributed by atoms with Crippen molar-refractivity contribution in [3.8, 4) is 0 Å². The number of hydrogen-bond donors (Lipinski definition) is 0. The zero-order chi connectivity index (χ0) is 11.8. The minimum atomic E-state index is -4.42. The molecule has 0 saturated carbocycles. The summed E-state index contributed by atoms with van der Waals surface area (Å²) in [4.78, 5) is 3.94. The molecule has 0 unspecified atom stereocenters. The smallest absolute Gasteiger partial charge is 0.420 e. The molecule has 16 heavy (non-hydrogen) atoms. The molecule has 0 aliphatic heterocycles. The minimum absolute atomic E-state index is 0.209. The van der Waals surface area contributed by atoms with Gasteiger partial charge in [-0.1, -0.05) is 24.8 Å². The number of para-hydroxylation sites is 1. The van der Waals surface area contributed by atoms with Gasteiger partial charge in [0.05, 0.1) is 0 Å². The van der Waals surface area contributed by atoms with Gasteiger partial charge in [-0.3, -0.25) is 0 Å². The molecule has 2 aromatic rings. The fourth-order valence-electron chi connectivity index (χ4n) is 1.30. The maximum atomic E-state index is 12.6. The van der Waals surface area contributed by atoms with Crippen molar-refractivity contribution in [2.24, 2.45) is 0 Å². The number of aromatic nitrogens is 1. The molecule has 2 nitrogen and oxygen atoms in total. The molecule has 0 amide bonds. The first kappa shape index (κ1) is 11.3. The third kappa shape index (κ3) is 2.02. The zero-order valence-electron chi connectivity index (χ0n) is 8.21. The van der Waals surface area contributed by atoms with E-state index in [9.17, 15) is 13.2 Å². The van der Waals surface area contributed by atoms with Crippen molar-refractivity contribution in [3.05, 3.63) is 29.5 Å². The fourth-order valence-corrected chi connectivity index (χ4v) is 1.79. The average Bonchev–Trinajstić information content (AvgIpc) is 2.58. The molecule has 6 heteroatoms. The molecule has 0 aliphatic rings. The number of halogens is 3. The second-order valence-corrected chi connectivity index (χ2v) is 4.04. The SMILES string of the molecule is C[CH]Sc1nc2cccc(C(F)(F)F)c2o1. The lowest BCUT2D eigenvalue weighted by Gasteiger charge is -2.05. The molecule has 0 saturated heterocycles. The first-order chi connectivity index (χ1) is 7.52. The second kappa shape index (κ2) is 4.01. The molecular formula is C10H7F3NOS. The van der Waals surface area contributed by atoms with E-state index in [1.807, 2.05) is 0 Å². The minimum Gasteiger partial charge on any atom is -0.431 e. The Morgan fingerprint density at radius 1 is 1.38 bits per heavy atom. The number of oxazole rings is 1. The summed E-state index contributed by atoms with van der Waals surface area (Å²) in [7, 11) is 0. The molecule has 1 heterocycles. The summed E-state index contributed by atoms with van der Waals surface area (Å²) in [6.07, 6.45) is -4.42. The maximum absolute atomic E-state index is 12.6. The monoisotopic (exact) mass is 246 g/mol. The third-order valence-corrected chi connectivity index (χ3v) is 2.53. The van der Waals surface area contributed by atoms with Crippen LogP contribution in [0.25, 0.3) is 11.1 Å². The lowest BCUT2D eigenvalue weighted by Crippen LogP contribution is -2.04. The molecule has 0 N–H and O–H groups in total. The van der Waals surface area contributed by atoms with Gasteiger partial charge in [0.2, 0.25) is 0 Å². The van der Waals surface area contributed by atoms with E-state index in [1.165, 1.54) is 12.1 Å². The number of hydrogen-bond acceptors (Lipinski definition) is 3. The van der Waals surface area contributed by atoms with Crippen molar-refractivity contribution in [3.63, 3.8) is 0 Å². The summed E-state index contributed by atoms with van der Waals surface area (Å²) >= 11 is 1.15. The van der Waals surface area contributed by atoms with Crippen LogP contribution < -0.4 is 0 Å². The third-order valence-electron chi connectivity index (χ3n) is 1.92. The molecule has 0 fully saturated rings. The van der Waals surface area contributed by atoms with Gasteiger partial charge in [-0.2, -0.15) is 13.2 Å². The Kier molecular flexibility index (Phi) is 2.84. The molecule has 1 aromatic heterocycles. The van der Waals surface area contributed by atoms with Crippen LogP contribution in [0.3, 0.4) is 0 Å². The number of nitrogens with zero attached hydrogens (tertiary/aromatic N) is 1. The van der Waals surface area contributed by atoms with Crippen molar-refractivity contribution in [1.29, 1.82) is 0 Å². The first-order valence-electron chi connectivity index (χ1n) is 4.43. The van der Waals surface area contributed by atoms with Crippen LogP contribution in [0.15, 0.2) is 27.8 Å². The Hall–Kier alpha value is -1.17. The molecule has 1 aromatic carbocycles. The highest BCUT2D eigenvalue weighted by Crippen LogP contribution is 2.36. The predicted molar refractivity (Wildman–Crippen MR) is 54.8 cm³/mol. The van der Waals surface area contributed by atoms with Crippen LogP contribution in [0, 0.1) is 5.75 Å². The van der Waals surface area contributed by atoms with E-state index in [2.05, 4.69) is 4.98 Å². The summed E-state index contributed by atoms with van der Waals surface area (Å²) in [6, 6.07) is 3.79. The van der Waals surface area contributed by atoms with Crippen LogP contribution in [-0.4, -0.2) is 4.98 Å². The Morgan fingerprint density at radius 3 is 2.75 bits per heavy atom. The lowest BCUT2D eigenvalue weighted by atomic mass is 10.2. The molecule has 0 bridgehead atoms. The number of fused-ring (bicyclic) bond motifs is 1. The van der Waals surface area contributed by atoms with Gasteiger partial charge >= 0.3 is 6.18 Å². The summed E-state index contributed by atoms with van der Waals surface area (Å²) in [5, 5.41) is 0.217. The van der Waals surface area contributed by atoms with Gasteiger partial charge in [-0.25, -0.2) is 4.98 Å². The van der Waals surface area contributed by atoms with E-state index in [1.54, 1.807) is 12.7 Å². The van der Waals surface area contributed by atoms with Crippen molar-refractivity contribution < 1.29 is 17.6 Å². The van der Waals surface area contributed by atoms with Crippen molar-refractivity contribution in [2.45, 2.75) is 18.3 Å². The summed E-state index contributed by atoms with van der Waals surface area (Å²) in [5.74, 6) is 1.69. The van der Waals surface area contributed by atoms with Crippen LogP contribution >= 0.6 is 11.8 Å². The Balaban J connectivity index is 2.59. The van der Waals surface area contributed by atoms with Gasteiger partial charge in [-0.15, -0.1) is 0 Å². The van der Waals surface area contributed by atoms with Crippen molar-refractivity contribution >= 4 is 22.9 Å². The van der Waals surface area contributed by atoms with E-state index in [0.29, 0.717) is 0 Å². The molecule has 0 aliphatic carbocycles. The normalized spacial score (nSPS) is 12.2. The molecule has 85 valence electrons. The van der Waals surface area contributed by atoms with Gasteiger partial charge in [0, 0.05) is 5.75 Å². The molecule has 2 rings (SSSR count). The van der Waals surface area contributed by atoms with Crippen LogP contribution in [0.2, 0.25) is 0 Å². The van der Waals surface area contributed by atoms with Gasteiger partial charge in [0.1, 0.15) is 11.1 Å². The van der Waals surface area contributed by atoms with Crippen LogP contribution in [0.1, 0.15) is 12.5 Å². The lowest BCUT2D eigenvalue weighted by molar-refractivity contribution is -0.136. The molecule has 1 radical (unpaired) electrons. The Morgan fingerprint density at radius 2 is 2.12 bits per heavy atom. The quantitative estimate of drug-likeness (QED) is 0.745. The van der Waals surface area contributed by atoms with E-state index >= 15 is 0 Å². The van der Waals surface area contributed by atoms with Crippen molar-refractivity contribution in [1.82, 2.24) is 4.98 Å². The number of benzene rings is 1. The van der Waals surface area contributed by atoms with Crippen molar-refractivity contribution in [2.75, 3.05) is 0 Å². The van der Waals surface area contributed by atoms with Gasteiger partial charge in [0.25, 0.3) is 5.22 Å². The number of thioether (sulfide) groups is 1. The highest BCUT2D eigenvalue weighted by molar-refractivity contribution is 8.01. The zero-order valence-corrected chi connectivity index (χ0v) is 9.02. The Bertz CT molecular complexity index is 506. The van der Waals surface area contributed by atoms with Gasteiger partial charge in [0.15, 0.2) is 5.58 Å². The Labute approximate surface area is 93.8 Å². The molecule has 0 spiro atoms. The van der Waals surface area contributed by atoms with Crippen LogP contribution in [0.5, 0.6) is 0 Å². The predicted octanol–water partition coefficient (Wildman–Crippen LogP) is 4.12. The second-order valence-electron chi connectivity index (χ2n) is 2.98. The van der Waals surface area contributed by atoms with Crippen LogP contribution in [-0.2, 0) is 6.18 Å². The van der Waals surface area contributed by atoms with Gasteiger partial charge < -0.3 is 4.42 Å². The highest BCUT2D eigenvalue weighted by atomic mass is 32.2. The van der Waals surface area contributed by atoms with Crippen LogP contribution in [0.4, 0.5) is 13.2 Å². The number of alkyl halides is 3. The summed E-state index contributed by atoms with van der Waals surface area (Å²) < 4.78 is 42.9. The first-order valence-corrected chi connectivity index (χ1v) is 5.31. The van der Waals surface area contributed by atoms with E-state index < -0.39 is 11.7 Å². The summed E-state index contributed by atoms with van der Waals surface area (Å²) in [6.45, 7) is 1.75.